The number of aromatic nitrogens is 5. The zero-order valence-electron chi connectivity index (χ0n) is 10.0. The minimum absolute atomic E-state index is 0.0191. The lowest BCUT2D eigenvalue weighted by Gasteiger charge is -2.05. The first-order chi connectivity index (χ1) is 9.22. The van der Waals surface area contributed by atoms with Crippen LogP contribution in [-0.4, -0.2) is 31.0 Å². The van der Waals surface area contributed by atoms with Crippen molar-refractivity contribution in [2.75, 3.05) is 0 Å². The standard InChI is InChI=1S/C12H9N5O2/c1-8(18)9-3-2-4-10(7-9)19-12-6-5-11-13-15-16-17(11)14-12/h2-7H,1H3. The van der Waals surface area contributed by atoms with Gasteiger partial charge in [0.1, 0.15) is 5.75 Å². The second kappa shape index (κ2) is 4.45. The van der Waals surface area contributed by atoms with Crippen molar-refractivity contribution in [2.45, 2.75) is 6.92 Å². The zero-order chi connectivity index (χ0) is 13.2. The third-order valence-electron chi connectivity index (χ3n) is 2.51. The van der Waals surface area contributed by atoms with Crippen LogP contribution < -0.4 is 4.74 Å². The highest BCUT2D eigenvalue weighted by atomic mass is 16.5. The van der Waals surface area contributed by atoms with E-state index in [1.54, 1.807) is 36.4 Å². The third-order valence-corrected chi connectivity index (χ3v) is 2.51. The van der Waals surface area contributed by atoms with E-state index in [4.69, 9.17) is 4.74 Å². The van der Waals surface area contributed by atoms with Crippen molar-refractivity contribution in [1.29, 1.82) is 0 Å². The Labute approximate surface area is 107 Å². The highest BCUT2D eigenvalue weighted by Gasteiger charge is 2.05. The second-order valence-electron chi connectivity index (χ2n) is 3.88. The molecule has 0 atom stereocenters. The molecule has 7 heteroatoms. The normalized spacial score (nSPS) is 10.6. The summed E-state index contributed by atoms with van der Waals surface area (Å²) in [6.45, 7) is 1.50. The SMILES string of the molecule is CC(=O)c1cccc(Oc2ccc3nnnn3n2)c1. The maximum atomic E-state index is 11.3. The fraction of sp³-hybridized carbons (Fsp3) is 0.0833. The molecule has 0 bridgehead atoms. The number of ketones is 1. The van der Waals surface area contributed by atoms with Crippen molar-refractivity contribution in [3.8, 4) is 11.6 Å². The quantitative estimate of drug-likeness (QED) is 0.660. The lowest BCUT2D eigenvalue weighted by Crippen LogP contribution is -1.98. The molecule has 19 heavy (non-hydrogen) atoms. The fourth-order valence-corrected chi connectivity index (χ4v) is 1.59. The molecule has 2 heterocycles. The minimum Gasteiger partial charge on any atom is -0.437 e. The van der Waals surface area contributed by atoms with E-state index in [0.717, 1.165) is 0 Å². The van der Waals surface area contributed by atoms with Crippen molar-refractivity contribution in [3.63, 3.8) is 0 Å². The van der Waals surface area contributed by atoms with Gasteiger partial charge in [0, 0.05) is 11.6 Å². The van der Waals surface area contributed by atoms with Crippen molar-refractivity contribution in [3.05, 3.63) is 42.0 Å². The fourth-order valence-electron chi connectivity index (χ4n) is 1.59. The van der Waals surface area contributed by atoms with Crippen LogP contribution in [0.3, 0.4) is 0 Å². The van der Waals surface area contributed by atoms with Gasteiger partial charge in [-0.2, -0.15) is 0 Å². The van der Waals surface area contributed by atoms with Gasteiger partial charge < -0.3 is 4.74 Å². The molecule has 0 amide bonds. The Bertz CT molecular complexity index is 752. The van der Waals surface area contributed by atoms with Crippen LogP contribution >= 0.6 is 0 Å². The molecule has 2 aromatic heterocycles. The first kappa shape index (κ1) is 11.3. The molecule has 0 unspecified atom stereocenters. The van der Waals surface area contributed by atoms with E-state index in [1.807, 2.05) is 0 Å². The Morgan fingerprint density at radius 1 is 1.26 bits per heavy atom. The van der Waals surface area contributed by atoms with E-state index in [-0.39, 0.29) is 5.78 Å². The number of carbonyl (C=O) groups excluding carboxylic acids is 1. The van der Waals surface area contributed by atoms with Gasteiger partial charge in [0.05, 0.1) is 0 Å². The molecular weight excluding hydrogens is 246 g/mol. The molecule has 7 nitrogen and oxygen atoms in total. The highest BCUT2D eigenvalue weighted by Crippen LogP contribution is 2.20. The number of hydrogen-bond acceptors (Lipinski definition) is 6. The van der Waals surface area contributed by atoms with Gasteiger partial charge in [-0.1, -0.05) is 12.1 Å². The minimum atomic E-state index is -0.0191. The third kappa shape index (κ3) is 2.25. The molecule has 0 saturated heterocycles. The van der Waals surface area contributed by atoms with Crippen molar-refractivity contribution >= 4 is 11.4 Å². The van der Waals surface area contributed by atoms with Gasteiger partial charge in [-0.05, 0) is 35.5 Å². The van der Waals surface area contributed by atoms with Gasteiger partial charge in [-0.3, -0.25) is 4.79 Å². The van der Waals surface area contributed by atoms with Gasteiger partial charge in [0.25, 0.3) is 0 Å². The molecule has 0 radical (unpaired) electrons. The average molecular weight is 255 g/mol. The molecule has 0 aliphatic rings. The Kier molecular flexibility index (Phi) is 2.64. The van der Waals surface area contributed by atoms with E-state index in [1.165, 1.54) is 11.6 Å². The predicted octanol–water partition coefficient (Wildman–Crippen LogP) is 1.51. The Morgan fingerprint density at radius 3 is 3.00 bits per heavy atom. The van der Waals surface area contributed by atoms with Crippen LogP contribution in [0.4, 0.5) is 0 Å². The molecule has 0 aliphatic carbocycles. The molecular formula is C12H9N5O2. The molecule has 0 saturated carbocycles. The summed E-state index contributed by atoms with van der Waals surface area (Å²) >= 11 is 0. The number of benzene rings is 1. The van der Waals surface area contributed by atoms with Gasteiger partial charge >= 0.3 is 0 Å². The number of Topliss-reactive ketones (excluding diaryl/α,β-unsaturated/α-hetero) is 1. The number of fused-ring (bicyclic) bond motifs is 1. The van der Waals surface area contributed by atoms with Crippen LogP contribution in [0.15, 0.2) is 36.4 Å². The van der Waals surface area contributed by atoms with Crippen LogP contribution in [0.2, 0.25) is 0 Å². The molecule has 0 fully saturated rings. The molecule has 94 valence electrons. The lowest BCUT2D eigenvalue weighted by atomic mass is 10.1. The smallest absolute Gasteiger partial charge is 0.239 e. The summed E-state index contributed by atoms with van der Waals surface area (Å²) in [5.41, 5.74) is 1.12. The second-order valence-corrected chi connectivity index (χ2v) is 3.88. The highest BCUT2D eigenvalue weighted by molar-refractivity contribution is 5.94. The van der Waals surface area contributed by atoms with Crippen molar-refractivity contribution < 1.29 is 9.53 Å². The van der Waals surface area contributed by atoms with Gasteiger partial charge in [0.15, 0.2) is 11.4 Å². The maximum absolute atomic E-state index is 11.3. The summed E-state index contributed by atoms with van der Waals surface area (Å²) in [4.78, 5) is 11.3. The van der Waals surface area contributed by atoms with Crippen molar-refractivity contribution in [1.82, 2.24) is 25.3 Å². The topological polar surface area (TPSA) is 82.3 Å². The van der Waals surface area contributed by atoms with Crippen LogP contribution in [-0.2, 0) is 0 Å². The summed E-state index contributed by atoms with van der Waals surface area (Å²) in [5.74, 6) is 0.863. The molecule has 0 spiro atoms. The molecule has 0 N–H and O–H groups in total. The predicted molar refractivity (Wildman–Crippen MR) is 65.1 cm³/mol. The molecule has 1 aromatic carbocycles. The molecule has 3 aromatic rings. The Hall–Kier alpha value is -2.83. The van der Waals surface area contributed by atoms with Gasteiger partial charge in [0.2, 0.25) is 5.88 Å². The van der Waals surface area contributed by atoms with E-state index in [9.17, 15) is 4.79 Å². The number of tetrazole rings is 1. The number of rotatable bonds is 3. The largest absolute Gasteiger partial charge is 0.437 e. The van der Waals surface area contributed by atoms with Crippen LogP contribution in [0.25, 0.3) is 5.65 Å². The first-order valence-corrected chi connectivity index (χ1v) is 5.57. The summed E-state index contributed by atoms with van der Waals surface area (Å²) in [6.07, 6.45) is 0. The van der Waals surface area contributed by atoms with Crippen molar-refractivity contribution in [2.24, 2.45) is 0 Å². The van der Waals surface area contributed by atoms with E-state index in [0.29, 0.717) is 22.8 Å². The van der Waals surface area contributed by atoms with E-state index in [2.05, 4.69) is 20.6 Å². The van der Waals surface area contributed by atoms with E-state index < -0.39 is 0 Å². The lowest BCUT2D eigenvalue weighted by molar-refractivity contribution is 0.101. The maximum Gasteiger partial charge on any atom is 0.239 e. The number of carbonyl (C=O) groups is 1. The summed E-state index contributed by atoms with van der Waals surface area (Å²) < 4.78 is 6.83. The summed E-state index contributed by atoms with van der Waals surface area (Å²) in [7, 11) is 0. The molecule has 0 aliphatic heterocycles. The average Bonchev–Trinajstić information content (AvgIpc) is 2.86. The van der Waals surface area contributed by atoms with Crippen LogP contribution in [0.5, 0.6) is 11.6 Å². The first-order valence-electron chi connectivity index (χ1n) is 5.57. The van der Waals surface area contributed by atoms with Crippen LogP contribution in [0, 0.1) is 0 Å². The Morgan fingerprint density at radius 2 is 2.16 bits per heavy atom. The van der Waals surface area contributed by atoms with Crippen LogP contribution in [0.1, 0.15) is 17.3 Å². The monoisotopic (exact) mass is 255 g/mol. The summed E-state index contributed by atoms with van der Waals surface area (Å²) in [5, 5.41) is 15.0. The number of hydrogen-bond donors (Lipinski definition) is 0. The van der Waals surface area contributed by atoms with E-state index >= 15 is 0 Å². The van der Waals surface area contributed by atoms with Gasteiger partial charge in [-0.25, -0.2) is 0 Å². The molecule has 3 rings (SSSR count). The Balaban J connectivity index is 1.91. The number of nitrogens with zero attached hydrogens (tertiary/aromatic N) is 5. The zero-order valence-corrected chi connectivity index (χ0v) is 10.0. The van der Waals surface area contributed by atoms with Gasteiger partial charge in [-0.15, -0.1) is 14.8 Å². The summed E-state index contributed by atoms with van der Waals surface area (Å²) in [6, 6.07) is 10.2. The number of ether oxygens (including phenoxy) is 1.